The van der Waals surface area contributed by atoms with Gasteiger partial charge in [0, 0.05) is 28.0 Å². The van der Waals surface area contributed by atoms with Gasteiger partial charge >= 0.3 is 5.97 Å². The second kappa shape index (κ2) is 11.6. The van der Waals surface area contributed by atoms with Crippen LogP contribution >= 0.6 is 11.6 Å². The van der Waals surface area contributed by atoms with Crippen molar-refractivity contribution in [2.75, 3.05) is 13.7 Å². The molecule has 4 aromatic carbocycles. The van der Waals surface area contributed by atoms with Crippen LogP contribution in [0.2, 0.25) is 5.02 Å². The van der Waals surface area contributed by atoms with Crippen LogP contribution in [0.3, 0.4) is 0 Å². The minimum Gasteiger partial charge on any atom is -0.493 e. The number of benzene rings is 4. The molecule has 4 nitrogen and oxygen atoms in total. The Bertz CT molecular complexity index is 1490. The number of hydrogen-bond acceptors (Lipinski definition) is 3. The summed E-state index contributed by atoms with van der Waals surface area (Å²) in [6.45, 7) is 2.70. The Morgan fingerprint density at radius 1 is 0.868 bits per heavy atom. The number of carbonyl (C=O) groups is 1. The number of ether oxygens (including phenoxy) is 2. The fourth-order valence-electron chi connectivity index (χ4n) is 5.10. The molecule has 0 unspecified atom stereocenters. The van der Waals surface area contributed by atoms with E-state index in [1.165, 1.54) is 29.5 Å². The Morgan fingerprint density at radius 2 is 1.50 bits per heavy atom. The molecule has 0 fully saturated rings. The quantitative estimate of drug-likeness (QED) is 0.187. The second-order valence-electron chi connectivity index (χ2n) is 9.31. The van der Waals surface area contributed by atoms with Crippen molar-refractivity contribution in [1.29, 1.82) is 0 Å². The molecule has 5 rings (SSSR count). The van der Waals surface area contributed by atoms with Gasteiger partial charge in [-0.15, -0.1) is 0 Å². The third-order valence-electron chi connectivity index (χ3n) is 6.95. The molecule has 0 saturated heterocycles. The van der Waals surface area contributed by atoms with E-state index in [-0.39, 0.29) is 18.4 Å². The Labute approximate surface area is 228 Å². The van der Waals surface area contributed by atoms with E-state index in [1.54, 1.807) is 0 Å². The largest absolute Gasteiger partial charge is 0.493 e. The first kappa shape index (κ1) is 25.6. The van der Waals surface area contributed by atoms with Crippen LogP contribution in [0.4, 0.5) is 0 Å². The number of halogens is 1. The van der Waals surface area contributed by atoms with Gasteiger partial charge in [-0.3, -0.25) is 4.79 Å². The number of rotatable bonds is 9. The van der Waals surface area contributed by atoms with Gasteiger partial charge in [-0.05, 0) is 59.5 Å². The molecule has 192 valence electrons. The lowest BCUT2D eigenvalue weighted by atomic mass is 9.98. The predicted molar refractivity (Wildman–Crippen MR) is 153 cm³/mol. The number of methoxy groups -OCH3 is 1. The Kier molecular flexibility index (Phi) is 7.81. The lowest BCUT2D eigenvalue weighted by Crippen LogP contribution is -2.14. The van der Waals surface area contributed by atoms with Gasteiger partial charge in [0.1, 0.15) is 5.75 Å². The normalized spacial score (nSPS) is 11.2. The second-order valence-corrected chi connectivity index (χ2v) is 9.75. The molecule has 0 saturated carbocycles. The van der Waals surface area contributed by atoms with Crippen LogP contribution in [0.15, 0.2) is 103 Å². The van der Waals surface area contributed by atoms with E-state index in [4.69, 9.17) is 21.1 Å². The van der Waals surface area contributed by atoms with E-state index in [2.05, 4.69) is 84.3 Å². The van der Waals surface area contributed by atoms with E-state index in [1.807, 2.05) is 30.3 Å². The zero-order chi connectivity index (χ0) is 26.5. The number of carbonyl (C=O) groups excluding carboxylic acids is 1. The van der Waals surface area contributed by atoms with Crippen LogP contribution in [0.1, 0.15) is 34.0 Å². The summed E-state index contributed by atoms with van der Waals surface area (Å²) in [6, 6.07) is 35.0. The highest BCUT2D eigenvalue weighted by Gasteiger charge is 2.23. The maximum absolute atomic E-state index is 11.5. The molecule has 38 heavy (non-hydrogen) atoms. The van der Waals surface area contributed by atoms with E-state index in [0.717, 1.165) is 28.6 Å². The van der Waals surface area contributed by atoms with Crippen molar-refractivity contribution in [3.8, 4) is 5.75 Å². The molecule has 0 bridgehead atoms. The number of hydrogen-bond donors (Lipinski definition) is 0. The van der Waals surface area contributed by atoms with Crippen molar-refractivity contribution in [3.63, 3.8) is 0 Å². The molecule has 0 aliphatic rings. The Morgan fingerprint density at radius 3 is 2.11 bits per heavy atom. The SMILES string of the molecule is COC(=O)Cc1ccc(OCCc2c(C)n(C(c3ccccc3)c3ccccc3)c3ccc(Cl)cc23)cc1. The number of esters is 1. The van der Waals surface area contributed by atoms with E-state index in [0.29, 0.717) is 11.6 Å². The first-order valence-electron chi connectivity index (χ1n) is 12.7. The molecule has 0 aliphatic carbocycles. The Balaban J connectivity index is 1.47. The van der Waals surface area contributed by atoms with E-state index >= 15 is 0 Å². The highest BCUT2D eigenvalue weighted by atomic mass is 35.5. The van der Waals surface area contributed by atoms with Gasteiger partial charge in [-0.25, -0.2) is 0 Å². The fourth-order valence-corrected chi connectivity index (χ4v) is 5.28. The van der Waals surface area contributed by atoms with Crippen LogP contribution < -0.4 is 4.74 Å². The molecule has 5 aromatic rings. The van der Waals surface area contributed by atoms with Crippen LogP contribution in [0.5, 0.6) is 5.75 Å². The molecular formula is C33H30ClNO3. The van der Waals surface area contributed by atoms with Crippen LogP contribution in [0, 0.1) is 6.92 Å². The summed E-state index contributed by atoms with van der Waals surface area (Å²) in [4.78, 5) is 11.5. The summed E-state index contributed by atoms with van der Waals surface area (Å²) in [5, 5.41) is 1.86. The minimum absolute atomic E-state index is 0.0260. The zero-order valence-electron chi connectivity index (χ0n) is 21.6. The molecule has 0 atom stereocenters. The molecule has 0 amide bonds. The van der Waals surface area contributed by atoms with Crippen LogP contribution in [-0.4, -0.2) is 24.3 Å². The van der Waals surface area contributed by atoms with Gasteiger partial charge in [0.25, 0.3) is 0 Å². The van der Waals surface area contributed by atoms with Crippen molar-refractivity contribution in [1.82, 2.24) is 4.57 Å². The molecular weight excluding hydrogens is 494 g/mol. The van der Waals surface area contributed by atoms with Gasteiger partial charge in [0.05, 0.1) is 26.2 Å². The molecule has 0 spiro atoms. The fraction of sp³-hybridized carbons (Fsp3) is 0.182. The average molecular weight is 524 g/mol. The standard InChI is InChI=1S/C33H30ClNO3/c1-23-29(19-20-38-28-16-13-24(14-17-28)21-32(36)37-2)30-22-27(34)15-18-31(30)35(23)33(25-9-5-3-6-10-25)26-11-7-4-8-12-26/h3-18,22,33H,19-21H2,1-2H3. The first-order valence-corrected chi connectivity index (χ1v) is 13.1. The monoisotopic (exact) mass is 523 g/mol. The summed E-state index contributed by atoms with van der Waals surface area (Å²) in [7, 11) is 1.40. The Hall–Kier alpha value is -4.02. The van der Waals surface area contributed by atoms with E-state index < -0.39 is 0 Å². The van der Waals surface area contributed by atoms with Crippen molar-refractivity contribution in [2.24, 2.45) is 0 Å². The summed E-state index contributed by atoms with van der Waals surface area (Å²) < 4.78 is 13.3. The van der Waals surface area contributed by atoms with E-state index in [9.17, 15) is 4.79 Å². The topological polar surface area (TPSA) is 40.5 Å². The van der Waals surface area contributed by atoms with Gasteiger partial charge < -0.3 is 14.0 Å². The third-order valence-corrected chi connectivity index (χ3v) is 7.19. The molecule has 0 aliphatic heterocycles. The highest BCUT2D eigenvalue weighted by Crippen LogP contribution is 2.37. The summed E-state index contributed by atoms with van der Waals surface area (Å²) >= 11 is 6.48. The number of aromatic nitrogens is 1. The predicted octanol–water partition coefficient (Wildman–Crippen LogP) is 7.58. The van der Waals surface area contributed by atoms with Crippen molar-refractivity contribution in [3.05, 3.63) is 136 Å². The smallest absolute Gasteiger partial charge is 0.309 e. The molecule has 1 heterocycles. The van der Waals surface area contributed by atoms with Crippen molar-refractivity contribution < 1.29 is 14.3 Å². The van der Waals surface area contributed by atoms with Crippen molar-refractivity contribution >= 4 is 28.5 Å². The van der Waals surface area contributed by atoms with Crippen LogP contribution in [-0.2, 0) is 22.4 Å². The summed E-state index contributed by atoms with van der Waals surface area (Å²) in [5.41, 5.74) is 6.91. The summed E-state index contributed by atoms with van der Waals surface area (Å²) in [6.07, 6.45) is 0.982. The third kappa shape index (κ3) is 5.46. The van der Waals surface area contributed by atoms with Crippen LogP contribution in [0.25, 0.3) is 10.9 Å². The summed E-state index contributed by atoms with van der Waals surface area (Å²) in [5.74, 6) is 0.512. The van der Waals surface area contributed by atoms with Gasteiger partial charge in [-0.1, -0.05) is 84.4 Å². The molecule has 5 heteroatoms. The minimum atomic E-state index is -0.256. The average Bonchev–Trinajstić information content (AvgIpc) is 3.21. The molecule has 1 aromatic heterocycles. The number of fused-ring (bicyclic) bond motifs is 1. The lowest BCUT2D eigenvalue weighted by molar-refractivity contribution is -0.139. The highest BCUT2D eigenvalue weighted by molar-refractivity contribution is 6.31. The first-order chi connectivity index (χ1) is 18.5. The van der Waals surface area contributed by atoms with Gasteiger partial charge in [0.15, 0.2) is 0 Å². The molecule has 0 radical (unpaired) electrons. The number of nitrogens with zero attached hydrogens (tertiary/aromatic N) is 1. The maximum atomic E-state index is 11.5. The zero-order valence-corrected chi connectivity index (χ0v) is 22.3. The van der Waals surface area contributed by atoms with Crippen molar-refractivity contribution in [2.45, 2.75) is 25.8 Å². The maximum Gasteiger partial charge on any atom is 0.309 e. The molecule has 0 N–H and O–H groups in total. The van der Waals surface area contributed by atoms with Gasteiger partial charge in [-0.2, -0.15) is 0 Å². The lowest BCUT2D eigenvalue weighted by Gasteiger charge is -2.23. The van der Waals surface area contributed by atoms with Gasteiger partial charge in [0.2, 0.25) is 0 Å².